The van der Waals surface area contributed by atoms with E-state index in [9.17, 15) is 13.0 Å². The van der Waals surface area contributed by atoms with E-state index in [0.717, 1.165) is 36.3 Å². The maximum atomic E-state index is 12.4. The monoisotopic (exact) mass is 483 g/mol. The van der Waals surface area contributed by atoms with Crippen LogP contribution in [0.2, 0.25) is 0 Å². The molecular weight excluding hydrogens is 454 g/mol. The molecule has 9 nitrogen and oxygen atoms in total. The number of H-pyrrole nitrogens is 1. The molecule has 0 spiro atoms. The van der Waals surface area contributed by atoms with E-state index >= 15 is 0 Å². The van der Waals surface area contributed by atoms with Gasteiger partial charge in [0.25, 0.3) is 10.1 Å². The van der Waals surface area contributed by atoms with E-state index in [1.165, 1.54) is 0 Å². The number of aromatic amines is 1. The second kappa shape index (κ2) is 7.51. The van der Waals surface area contributed by atoms with Gasteiger partial charge in [0.2, 0.25) is 5.95 Å². The van der Waals surface area contributed by atoms with Crippen molar-refractivity contribution in [1.29, 1.82) is 0 Å². The zero-order valence-electron chi connectivity index (χ0n) is 20.0. The summed E-state index contributed by atoms with van der Waals surface area (Å²) >= 11 is 0. The summed E-state index contributed by atoms with van der Waals surface area (Å²) in [5.74, 6) is 0.935. The number of hydrogen-bond acceptors (Lipinski definition) is 7. The van der Waals surface area contributed by atoms with Crippen molar-refractivity contribution in [2.24, 2.45) is 10.2 Å². The average Bonchev–Trinajstić information content (AvgIpc) is 3.30. The fourth-order valence-corrected chi connectivity index (χ4v) is 5.71. The van der Waals surface area contributed by atoms with E-state index < -0.39 is 10.1 Å². The van der Waals surface area contributed by atoms with E-state index in [2.05, 4.69) is 38.9 Å². The number of hydrogen-bond donors (Lipinski definition) is 2. The van der Waals surface area contributed by atoms with Crippen LogP contribution in [-0.4, -0.2) is 41.6 Å². The Labute approximate surface area is 199 Å². The van der Waals surface area contributed by atoms with E-state index in [1.807, 2.05) is 39.0 Å². The molecule has 34 heavy (non-hydrogen) atoms. The molecule has 5 rings (SSSR count). The van der Waals surface area contributed by atoms with Crippen LogP contribution in [0, 0.1) is 0 Å². The van der Waals surface area contributed by atoms with Crippen molar-refractivity contribution in [3.05, 3.63) is 35.4 Å². The summed E-state index contributed by atoms with van der Waals surface area (Å²) in [6.07, 6.45) is 1.49. The lowest BCUT2D eigenvalue weighted by atomic mass is 9.77. The Morgan fingerprint density at radius 1 is 1.18 bits per heavy atom. The van der Waals surface area contributed by atoms with Gasteiger partial charge in [-0.1, -0.05) is 13.8 Å². The Kier molecular flexibility index (Phi) is 5.04. The van der Waals surface area contributed by atoms with Crippen LogP contribution in [-0.2, 0) is 22.0 Å². The van der Waals surface area contributed by atoms with Gasteiger partial charge in [-0.2, -0.15) is 8.42 Å². The van der Waals surface area contributed by atoms with Crippen LogP contribution in [0.4, 0.5) is 17.3 Å². The molecule has 2 aliphatic heterocycles. The number of ether oxygens (including phenoxy) is 1. The molecule has 2 N–H and O–H groups in total. The number of rotatable bonds is 4. The zero-order chi connectivity index (χ0) is 24.5. The van der Waals surface area contributed by atoms with E-state index in [4.69, 9.17) is 4.74 Å². The predicted octanol–water partition coefficient (Wildman–Crippen LogP) is 5.45. The number of aromatic nitrogens is 2. The molecule has 0 saturated heterocycles. The van der Waals surface area contributed by atoms with Crippen LogP contribution in [0.1, 0.15) is 52.2 Å². The van der Waals surface area contributed by atoms with Crippen molar-refractivity contribution in [3.63, 3.8) is 0 Å². The van der Waals surface area contributed by atoms with Gasteiger partial charge in [0.15, 0.2) is 0 Å². The summed E-state index contributed by atoms with van der Waals surface area (Å²) in [4.78, 5) is 9.56. The molecule has 0 aliphatic carbocycles. The quantitative estimate of drug-likeness (QED) is 0.376. The first-order valence-corrected chi connectivity index (χ1v) is 12.8. The highest BCUT2D eigenvalue weighted by atomic mass is 32.2. The topological polar surface area (TPSA) is 120 Å². The van der Waals surface area contributed by atoms with Gasteiger partial charge in [0, 0.05) is 30.4 Å². The molecular formula is C24H29N5O4S. The van der Waals surface area contributed by atoms with Crippen molar-refractivity contribution in [1.82, 2.24) is 9.97 Å². The van der Waals surface area contributed by atoms with Gasteiger partial charge in [-0.05, 0) is 62.8 Å². The van der Waals surface area contributed by atoms with E-state index in [-0.39, 0.29) is 27.5 Å². The fourth-order valence-electron chi connectivity index (χ4n) is 4.84. The Morgan fingerprint density at radius 2 is 1.94 bits per heavy atom. The average molecular weight is 484 g/mol. The summed E-state index contributed by atoms with van der Waals surface area (Å²) < 4.78 is 40.8. The molecule has 2 aromatic carbocycles. The summed E-state index contributed by atoms with van der Waals surface area (Å²) in [6.45, 7) is 11.8. The Morgan fingerprint density at radius 3 is 2.65 bits per heavy atom. The lowest BCUT2D eigenvalue weighted by Crippen LogP contribution is -2.35. The van der Waals surface area contributed by atoms with Crippen LogP contribution in [0.25, 0.3) is 11.0 Å². The third kappa shape index (κ3) is 4.05. The maximum Gasteiger partial charge on any atom is 0.297 e. The highest BCUT2D eigenvalue weighted by molar-refractivity contribution is 7.86. The summed E-state index contributed by atoms with van der Waals surface area (Å²) in [7, 11) is -4.50. The SMILES string of the molecule is CC(C)(C)Oc1ccc2nc(N=Nc3cc4c5c(c3S(=O)(=O)O)CCN5CCC4(C)C)[nH]c2c1. The molecule has 0 amide bonds. The molecule has 0 atom stereocenters. The molecule has 3 aromatic rings. The first-order chi connectivity index (χ1) is 15.8. The lowest BCUT2D eigenvalue weighted by molar-refractivity contribution is 0.131. The third-order valence-electron chi connectivity index (χ3n) is 6.39. The van der Waals surface area contributed by atoms with Gasteiger partial charge in [0.05, 0.1) is 11.0 Å². The number of azo groups is 1. The first-order valence-electron chi connectivity index (χ1n) is 11.4. The van der Waals surface area contributed by atoms with Gasteiger partial charge in [0.1, 0.15) is 21.9 Å². The molecule has 1 aromatic heterocycles. The highest BCUT2D eigenvalue weighted by Crippen LogP contribution is 2.49. The van der Waals surface area contributed by atoms with Crippen molar-refractivity contribution < 1.29 is 17.7 Å². The van der Waals surface area contributed by atoms with Crippen LogP contribution in [0.3, 0.4) is 0 Å². The Hall–Kier alpha value is -2.98. The van der Waals surface area contributed by atoms with Crippen molar-refractivity contribution in [2.45, 2.75) is 63.4 Å². The van der Waals surface area contributed by atoms with Gasteiger partial charge in [-0.15, -0.1) is 10.2 Å². The molecule has 10 heteroatoms. The van der Waals surface area contributed by atoms with Crippen LogP contribution in [0.15, 0.2) is 39.4 Å². The molecule has 0 bridgehead atoms. The molecule has 180 valence electrons. The van der Waals surface area contributed by atoms with E-state index in [1.54, 1.807) is 6.07 Å². The minimum atomic E-state index is -4.50. The molecule has 0 radical (unpaired) electrons. The second-order valence-electron chi connectivity index (χ2n) is 10.6. The van der Waals surface area contributed by atoms with Crippen LogP contribution >= 0.6 is 0 Å². The van der Waals surface area contributed by atoms with Crippen LogP contribution < -0.4 is 9.64 Å². The highest BCUT2D eigenvalue weighted by Gasteiger charge is 2.40. The Balaban J connectivity index is 1.58. The molecule has 0 unspecified atom stereocenters. The third-order valence-corrected chi connectivity index (χ3v) is 7.36. The minimum absolute atomic E-state index is 0.130. The van der Waals surface area contributed by atoms with Crippen LogP contribution in [0.5, 0.6) is 5.75 Å². The number of imidazole rings is 1. The zero-order valence-corrected chi connectivity index (χ0v) is 20.8. The first kappa shape index (κ1) is 22.8. The summed E-state index contributed by atoms with van der Waals surface area (Å²) in [5.41, 5.74) is 3.63. The second-order valence-corrected chi connectivity index (χ2v) is 12.0. The molecule has 3 heterocycles. The van der Waals surface area contributed by atoms with Gasteiger partial charge in [-0.25, -0.2) is 4.98 Å². The van der Waals surface area contributed by atoms with Gasteiger partial charge >= 0.3 is 0 Å². The number of benzene rings is 2. The van der Waals surface area contributed by atoms with Gasteiger partial charge in [-0.3, -0.25) is 4.55 Å². The number of fused-ring (bicyclic) bond motifs is 1. The smallest absolute Gasteiger partial charge is 0.297 e. The molecule has 0 fully saturated rings. The van der Waals surface area contributed by atoms with Crippen molar-refractivity contribution in [2.75, 3.05) is 18.0 Å². The maximum absolute atomic E-state index is 12.4. The number of nitrogens with zero attached hydrogens (tertiary/aromatic N) is 4. The van der Waals surface area contributed by atoms with Crippen molar-refractivity contribution in [3.8, 4) is 5.75 Å². The molecule has 0 saturated carbocycles. The summed E-state index contributed by atoms with van der Waals surface area (Å²) in [6, 6.07) is 7.25. The fraction of sp³-hybridized carbons (Fsp3) is 0.458. The minimum Gasteiger partial charge on any atom is -0.488 e. The largest absolute Gasteiger partial charge is 0.488 e. The normalized spacial score (nSPS) is 17.5. The molecule has 2 aliphatic rings. The lowest BCUT2D eigenvalue weighted by Gasteiger charge is -2.38. The van der Waals surface area contributed by atoms with Gasteiger partial charge < -0.3 is 14.6 Å². The predicted molar refractivity (Wildman–Crippen MR) is 130 cm³/mol. The van der Waals surface area contributed by atoms with Crippen molar-refractivity contribution >= 4 is 38.5 Å². The summed E-state index contributed by atoms with van der Waals surface area (Å²) in [5, 5.41) is 8.47. The standard InChI is InChI=1S/C24H29N5O4S/c1-23(2,3)33-14-6-7-17-18(12-14)26-22(25-17)28-27-19-13-16-20-15(21(19)34(30,31)32)8-10-29(20)11-9-24(16,4)5/h6-7,12-13H,8-11H2,1-5H3,(H,25,26)(H,30,31,32). The Bertz CT molecular complexity index is 1430. The van der Waals surface area contributed by atoms with E-state index in [0.29, 0.717) is 23.3 Å². The number of anilines is 1. The number of nitrogens with one attached hydrogen (secondary N) is 1.